The van der Waals surface area contributed by atoms with Gasteiger partial charge in [0.2, 0.25) is 11.8 Å². The van der Waals surface area contributed by atoms with Gasteiger partial charge in [0, 0.05) is 18.9 Å². The second-order valence-electron chi connectivity index (χ2n) is 5.30. The minimum absolute atomic E-state index is 0.0143. The summed E-state index contributed by atoms with van der Waals surface area (Å²) >= 11 is 1.45. The van der Waals surface area contributed by atoms with Gasteiger partial charge in [0.05, 0.1) is 11.4 Å². The molecule has 2 heterocycles. The number of hydrogen-bond donors (Lipinski definition) is 1. The highest BCUT2D eigenvalue weighted by Crippen LogP contribution is 2.27. The van der Waals surface area contributed by atoms with Gasteiger partial charge in [0.1, 0.15) is 6.54 Å². The van der Waals surface area contributed by atoms with Crippen molar-refractivity contribution in [3.63, 3.8) is 0 Å². The number of benzene rings is 1. The zero-order chi connectivity index (χ0) is 16.8. The van der Waals surface area contributed by atoms with Crippen molar-refractivity contribution in [1.82, 2.24) is 15.2 Å². The van der Waals surface area contributed by atoms with Crippen LogP contribution >= 0.6 is 11.8 Å². The third-order valence-corrected chi connectivity index (χ3v) is 4.38. The Balaban J connectivity index is 1.67. The fourth-order valence-electron chi connectivity index (χ4n) is 2.38. The molecule has 1 aliphatic rings. The molecule has 1 aromatic heterocycles. The summed E-state index contributed by atoms with van der Waals surface area (Å²) in [6.45, 7) is 0.411. The molecule has 0 saturated carbocycles. The molecule has 0 spiro atoms. The fraction of sp³-hybridized carbons (Fsp3) is 0.167. The largest absolute Gasteiger partial charge is 0.350 e. The minimum atomic E-state index is -0.194. The minimum Gasteiger partial charge on any atom is -0.350 e. The molecule has 0 aliphatic carbocycles. The molecule has 1 N–H and O–H groups in total. The van der Waals surface area contributed by atoms with E-state index in [1.54, 1.807) is 17.3 Å². The van der Waals surface area contributed by atoms with Crippen molar-refractivity contribution in [3.05, 3.63) is 71.4 Å². The van der Waals surface area contributed by atoms with Crippen LogP contribution in [0.3, 0.4) is 0 Å². The first kappa shape index (κ1) is 16.3. The van der Waals surface area contributed by atoms with Crippen molar-refractivity contribution in [2.24, 2.45) is 0 Å². The van der Waals surface area contributed by atoms with Crippen molar-refractivity contribution in [2.75, 3.05) is 12.3 Å². The molecule has 0 atom stereocenters. The molecule has 1 aliphatic heterocycles. The van der Waals surface area contributed by atoms with Crippen LogP contribution in [0.5, 0.6) is 0 Å². The number of carbonyl (C=O) groups excluding carboxylic acids is 2. The van der Waals surface area contributed by atoms with E-state index in [9.17, 15) is 9.59 Å². The number of carbonyl (C=O) groups is 2. The van der Waals surface area contributed by atoms with Crippen LogP contribution in [0.2, 0.25) is 0 Å². The first-order valence-corrected chi connectivity index (χ1v) is 8.62. The molecule has 3 rings (SSSR count). The predicted octanol–water partition coefficient (Wildman–Crippen LogP) is 2.27. The maximum atomic E-state index is 12.3. The third-order valence-electron chi connectivity index (χ3n) is 3.58. The molecule has 0 radical (unpaired) electrons. The molecule has 6 heteroatoms. The van der Waals surface area contributed by atoms with Crippen molar-refractivity contribution < 1.29 is 9.59 Å². The van der Waals surface area contributed by atoms with E-state index in [4.69, 9.17) is 0 Å². The van der Waals surface area contributed by atoms with Crippen LogP contribution in [-0.2, 0) is 16.1 Å². The number of amides is 2. The lowest BCUT2D eigenvalue weighted by molar-refractivity contribution is -0.131. The summed E-state index contributed by atoms with van der Waals surface area (Å²) in [5.74, 6) is 0.102. The van der Waals surface area contributed by atoms with Gasteiger partial charge in [-0.15, -0.1) is 11.8 Å². The van der Waals surface area contributed by atoms with Gasteiger partial charge >= 0.3 is 0 Å². The SMILES string of the molecule is O=C(CN1C(=O)CSC=C1c1ccccc1)NCc1cccnc1. The van der Waals surface area contributed by atoms with Gasteiger partial charge in [-0.2, -0.15) is 0 Å². The molecule has 0 saturated heterocycles. The van der Waals surface area contributed by atoms with Crippen LogP contribution in [0.1, 0.15) is 11.1 Å². The number of rotatable bonds is 5. The van der Waals surface area contributed by atoms with Gasteiger partial charge in [-0.3, -0.25) is 14.6 Å². The summed E-state index contributed by atoms with van der Waals surface area (Å²) in [5.41, 5.74) is 2.62. The topological polar surface area (TPSA) is 62.3 Å². The third kappa shape index (κ3) is 4.02. The summed E-state index contributed by atoms with van der Waals surface area (Å²) in [6.07, 6.45) is 3.39. The predicted molar refractivity (Wildman–Crippen MR) is 94.7 cm³/mol. The van der Waals surface area contributed by atoms with E-state index in [1.165, 1.54) is 11.8 Å². The Morgan fingerprint density at radius 2 is 2.04 bits per heavy atom. The second-order valence-corrected chi connectivity index (χ2v) is 6.16. The average Bonchev–Trinajstić information content (AvgIpc) is 2.63. The van der Waals surface area contributed by atoms with Crippen molar-refractivity contribution >= 4 is 29.3 Å². The van der Waals surface area contributed by atoms with E-state index in [1.807, 2.05) is 47.9 Å². The molecule has 2 aromatic rings. The lowest BCUT2D eigenvalue weighted by atomic mass is 10.1. The van der Waals surface area contributed by atoms with Gasteiger partial charge < -0.3 is 10.2 Å². The Morgan fingerprint density at radius 1 is 1.21 bits per heavy atom. The lowest BCUT2D eigenvalue weighted by Crippen LogP contribution is -2.41. The number of pyridine rings is 1. The Bertz CT molecular complexity index is 747. The van der Waals surface area contributed by atoms with Crippen LogP contribution in [0.15, 0.2) is 60.3 Å². The number of thioether (sulfide) groups is 1. The zero-order valence-corrected chi connectivity index (χ0v) is 13.8. The van der Waals surface area contributed by atoms with E-state index in [-0.39, 0.29) is 18.4 Å². The summed E-state index contributed by atoms with van der Waals surface area (Å²) in [6, 6.07) is 13.3. The summed E-state index contributed by atoms with van der Waals surface area (Å²) in [4.78, 5) is 30.1. The number of nitrogens with zero attached hydrogens (tertiary/aromatic N) is 2. The standard InChI is InChI=1S/C18H17N3O2S/c22-17(20-10-14-5-4-8-19-9-14)11-21-16(12-24-13-18(21)23)15-6-2-1-3-7-15/h1-9,12H,10-11,13H2,(H,20,22). The van der Waals surface area contributed by atoms with Gasteiger partial charge in [-0.25, -0.2) is 0 Å². The molecule has 2 amide bonds. The highest BCUT2D eigenvalue weighted by molar-refractivity contribution is 8.03. The molecular weight excluding hydrogens is 322 g/mol. The lowest BCUT2D eigenvalue weighted by Gasteiger charge is -2.28. The highest BCUT2D eigenvalue weighted by Gasteiger charge is 2.25. The zero-order valence-electron chi connectivity index (χ0n) is 13.0. The number of nitrogens with one attached hydrogen (secondary N) is 1. The van der Waals surface area contributed by atoms with Gasteiger partial charge in [-0.05, 0) is 22.6 Å². The van der Waals surface area contributed by atoms with E-state index in [0.717, 1.165) is 16.8 Å². The average molecular weight is 339 g/mol. The van der Waals surface area contributed by atoms with Crippen LogP contribution in [-0.4, -0.2) is 34.0 Å². The van der Waals surface area contributed by atoms with Gasteiger partial charge in [0.25, 0.3) is 0 Å². The van der Waals surface area contributed by atoms with Crippen LogP contribution in [0.25, 0.3) is 5.70 Å². The quantitative estimate of drug-likeness (QED) is 0.908. The highest BCUT2D eigenvalue weighted by atomic mass is 32.2. The molecule has 1 aromatic carbocycles. The first-order chi connectivity index (χ1) is 11.7. The summed E-state index contributed by atoms with van der Waals surface area (Å²) < 4.78 is 0. The molecule has 5 nitrogen and oxygen atoms in total. The molecule has 0 bridgehead atoms. The normalized spacial score (nSPS) is 14.2. The van der Waals surface area contributed by atoms with Crippen molar-refractivity contribution in [2.45, 2.75) is 6.54 Å². The molecule has 0 fully saturated rings. The van der Waals surface area contributed by atoms with Crippen molar-refractivity contribution in [3.8, 4) is 0 Å². The Labute approximate surface area is 144 Å². The van der Waals surface area contributed by atoms with E-state index in [0.29, 0.717) is 12.3 Å². The Morgan fingerprint density at radius 3 is 2.79 bits per heavy atom. The Hall–Kier alpha value is -2.60. The van der Waals surface area contributed by atoms with Crippen LogP contribution in [0, 0.1) is 0 Å². The van der Waals surface area contributed by atoms with E-state index in [2.05, 4.69) is 10.3 Å². The molecule has 24 heavy (non-hydrogen) atoms. The maximum Gasteiger partial charge on any atom is 0.240 e. The molecular formula is C18H17N3O2S. The monoisotopic (exact) mass is 339 g/mol. The molecule has 0 unspecified atom stereocenters. The van der Waals surface area contributed by atoms with Gasteiger partial charge in [0.15, 0.2) is 0 Å². The van der Waals surface area contributed by atoms with Crippen LogP contribution < -0.4 is 5.32 Å². The second kappa shape index (κ2) is 7.79. The smallest absolute Gasteiger partial charge is 0.240 e. The van der Waals surface area contributed by atoms with Crippen LogP contribution in [0.4, 0.5) is 0 Å². The summed E-state index contributed by atoms with van der Waals surface area (Å²) in [5, 5.41) is 4.77. The van der Waals surface area contributed by atoms with E-state index >= 15 is 0 Å². The van der Waals surface area contributed by atoms with Crippen molar-refractivity contribution in [1.29, 1.82) is 0 Å². The number of hydrogen-bond acceptors (Lipinski definition) is 4. The first-order valence-electron chi connectivity index (χ1n) is 7.57. The fourth-order valence-corrected chi connectivity index (χ4v) is 3.18. The van der Waals surface area contributed by atoms with Gasteiger partial charge in [-0.1, -0.05) is 36.4 Å². The van der Waals surface area contributed by atoms with E-state index < -0.39 is 0 Å². The summed E-state index contributed by atoms with van der Waals surface area (Å²) in [7, 11) is 0. The number of aromatic nitrogens is 1. The molecule has 122 valence electrons. The maximum absolute atomic E-state index is 12.3. The Kier molecular flexibility index (Phi) is 5.28.